The summed E-state index contributed by atoms with van der Waals surface area (Å²) in [5.74, 6) is -0.879. The molecule has 0 spiro atoms. The summed E-state index contributed by atoms with van der Waals surface area (Å²) < 4.78 is 0. The fourth-order valence-electron chi connectivity index (χ4n) is 2.48. The number of amides is 2. The Morgan fingerprint density at radius 2 is 1.75 bits per heavy atom. The number of benzene rings is 1. The Morgan fingerprint density at radius 3 is 2.40 bits per heavy atom. The number of nitrogens with one attached hydrogen (secondary N) is 1. The van der Waals surface area contributed by atoms with Crippen LogP contribution in [0.25, 0.3) is 0 Å². The molecule has 0 aromatic heterocycles. The summed E-state index contributed by atoms with van der Waals surface area (Å²) in [7, 11) is 0. The SMILES string of the molecule is Cc1ccccc1CNC(=O)C(=O)N1CCCCCC1. The van der Waals surface area contributed by atoms with Gasteiger partial charge in [0.2, 0.25) is 0 Å². The van der Waals surface area contributed by atoms with Crippen molar-refractivity contribution in [1.29, 1.82) is 0 Å². The lowest BCUT2D eigenvalue weighted by Gasteiger charge is -2.19. The van der Waals surface area contributed by atoms with Crippen molar-refractivity contribution in [3.8, 4) is 0 Å². The average molecular weight is 274 g/mol. The third kappa shape index (κ3) is 3.83. The lowest BCUT2D eigenvalue weighted by Crippen LogP contribution is -2.43. The van der Waals surface area contributed by atoms with Crippen LogP contribution in [0.3, 0.4) is 0 Å². The van der Waals surface area contributed by atoms with Gasteiger partial charge >= 0.3 is 11.8 Å². The van der Waals surface area contributed by atoms with Gasteiger partial charge in [0.1, 0.15) is 0 Å². The molecular formula is C16H22N2O2. The first-order chi connectivity index (χ1) is 9.68. The van der Waals surface area contributed by atoms with E-state index in [1.807, 2.05) is 31.2 Å². The predicted molar refractivity (Wildman–Crippen MR) is 78.1 cm³/mol. The quantitative estimate of drug-likeness (QED) is 0.839. The Kier molecular flexibility index (Phi) is 5.16. The second kappa shape index (κ2) is 7.08. The summed E-state index contributed by atoms with van der Waals surface area (Å²) >= 11 is 0. The molecule has 1 saturated heterocycles. The Labute approximate surface area is 120 Å². The molecule has 1 aliphatic heterocycles. The van der Waals surface area contributed by atoms with Gasteiger partial charge < -0.3 is 10.2 Å². The molecule has 108 valence electrons. The van der Waals surface area contributed by atoms with Crippen molar-refractivity contribution in [3.05, 3.63) is 35.4 Å². The summed E-state index contributed by atoms with van der Waals surface area (Å²) in [5.41, 5.74) is 2.17. The van der Waals surface area contributed by atoms with E-state index >= 15 is 0 Å². The van der Waals surface area contributed by atoms with Crippen LogP contribution in [0.2, 0.25) is 0 Å². The molecule has 1 N–H and O–H groups in total. The number of carbonyl (C=O) groups excluding carboxylic acids is 2. The molecule has 1 fully saturated rings. The highest BCUT2D eigenvalue weighted by Gasteiger charge is 2.22. The van der Waals surface area contributed by atoms with Crippen molar-refractivity contribution < 1.29 is 9.59 Å². The van der Waals surface area contributed by atoms with E-state index in [0.29, 0.717) is 19.6 Å². The van der Waals surface area contributed by atoms with Crippen LogP contribution in [0.5, 0.6) is 0 Å². The van der Waals surface area contributed by atoms with E-state index in [4.69, 9.17) is 0 Å². The second-order valence-electron chi connectivity index (χ2n) is 5.32. The van der Waals surface area contributed by atoms with Crippen molar-refractivity contribution in [2.45, 2.75) is 39.2 Å². The molecule has 1 aromatic rings. The minimum absolute atomic E-state index is 0.388. The fourth-order valence-corrected chi connectivity index (χ4v) is 2.48. The summed E-state index contributed by atoms with van der Waals surface area (Å²) in [6, 6.07) is 7.86. The van der Waals surface area contributed by atoms with Crippen LogP contribution in [0.1, 0.15) is 36.8 Å². The molecular weight excluding hydrogens is 252 g/mol. The fraction of sp³-hybridized carbons (Fsp3) is 0.500. The van der Waals surface area contributed by atoms with Crippen molar-refractivity contribution >= 4 is 11.8 Å². The average Bonchev–Trinajstić information content (AvgIpc) is 2.74. The maximum atomic E-state index is 12.1. The molecule has 4 nitrogen and oxygen atoms in total. The number of hydrogen-bond acceptors (Lipinski definition) is 2. The van der Waals surface area contributed by atoms with Crippen LogP contribution in [0, 0.1) is 6.92 Å². The van der Waals surface area contributed by atoms with Gasteiger partial charge in [-0.2, -0.15) is 0 Å². The number of aryl methyl sites for hydroxylation is 1. The van der Waals surface area contributed by atoms with E-state index in [1.54, 1.807) is 4.90 Å². The Bertz CT molecular complexity index is 477. The number of carbonyl (C=O) groups is 2. The smallest absolute Gasteiger partial charge is 0.311 e. The summed E-state index contributed by atoms with van der Waals surface area (Å²) in [4.78, 5) is 25.7. The van der Waals surface area contributed by atoms with Gasteiger partial charge in [0.05, 0.1) is 0 Å². The van der Waals surface area contributed by atoms with Crippen molar-refractivity contribution in [2.24, 2.45) is 0 Å². The molecule has 0 radical (unpaired) electrons. The molecule has 0 unspecified atom stereocenters. The number of hydrogen-bond donors (Lipinski definition) is 1. The van der Waals surface area contributed by atoms with E-state index in [-0.39, 0.29) is 5.91 Å². The first-order valence-corrected chi connectivity index (χ1v) is 7.30. The highest BCUT2D eigenvalue weighted by molar-refractivity contribution is 6.34. The van der Waals surface area contributed by atoms with Crippen LogP contribution < -0.4 is 5.32 Å². The molecule has 1 aromatic carbocycles. The zero-order valence-electron chi connectivity index (χ0n) is 12.0. The summed E-state index contributed by atoms with van der Waals surface area (Å²) in [5, 5.41) is 2.73. The van der Waals surface area contributed by atoms with Gasteiger partial charge in [0, 0.05) is 19.6 Å². The number of rotatable bonds is 2. The molecule has 0 saturated carbocycles. The molecule has 0 aliphatic carbocycles. The highest BCUT2D eigenvalue weighted by atomic mass is 16.2. The van der Waals surface area contributed by atoms with E-state index < -0.39 is 5.91 Å². The van der Waals surface area contributed by atoms with Gasteiger partial charge in [-0.15, -0.1) is 0 Å². The van der Waals surface area contributed by atoms with E-state index in [0.717, 1.165) is 36.8 Å². The Balaban J connectivity index is 1.88. The van der Waals surface area contributed by atoms with Gasteiger partial charge in [0.25, 0.3) is 0 Å². The number of nitrogens with zero attached hydrogens (tertiary/aromatic N) is 1. The van der Waals surface area contributed by atoms with E-state index in [2.05, 4.69) is 5.32 Å². The summed E-state index contributed by atoms with van der Waals surface area (Å²) in [6.45, 7) is 3.82. The highest BCUT2D eigenvalue weighted by Crippen LogP contribution is 2.10. The van der Waals surface area contributed by atoms with Crippen LogP contribution in [-0.2, 0) is 16.1 Å². The van der Waals surface area contributed by atoms with Crippen molar-refractivity contribution in [3.63, 3.8) is 0 Å². The topological polar surface area (TPSA) is 49.4 Å². The minimum Gasteiger partial charge on any atom is -0.344 e. The van der Waals surface area contributed by atoms with Crippen molar-refractivity contribution in [2.75, 3.05) is 13.1 Å². The largest absolute Gasteiger partial charge is 0.344 e. The maximum Gasteiger partial charge on any atom is 0.311 e. The standard InChI is InChI=1S/C16H22N2O2/c1-13-8-4-5-9-14(13)12-17-15(19)16(20)18-10-6-2-3-7-11-18/h4-5,8-9H,2-3,6-7,10-12H2,1H3,(H,17,19). The third-order valence-corrected chi connectivity index (χ3v) is 3.79. The van der Waals surface area contributed by atoms with Gasteiger partial charge in [-0.25, -0.2) is 0 Å². The molecule has 20 heavy (non-hydrogen) atoms. The summed E-state index contributed by atoms with van der Waals surface area (Å²) in [6.07, 6.45) is 4.29. The van der Waals surface area contributed by atoms with Crippen LogP contribution in [-0.4, -0.2) is 29.8 Å². The third-order valence-electron chi connectivity index (χ3n) is 3.79. The first kappa shape index (κ1) is 14.6. The lowest BCUT2D eigenvalue weighted by atomic mass is 10.1. The maximum absolute atomic E-state index is 12.1. The minimum atomic E-state index is -0.491. The zero-order valence-corrected chi connectivity index (χ0v) is 12.0. The molecule has 2 amide bonds. The predicted octanol–water partition coefficient (Wildman–Crippen LogP) is 2.01. The van der Waals surface area contributed by atoms with Crippen LogP contribution in [0.15, 0.2) is 24.3 Å². The Hall–Kier alpha value is -1.84. The van der Waals surface area contributed by atoms with E-state index in [9.17, 15) is 9.59 Å². The van der Waals surface area contributed by atoms with Crippen molar-refractivity contribution in [1.82, 2.24) is 10.2 Å². The zero-order chi connectivity index (χ0) is 14.4. The normalized spacial score (nSPS) is 15.6. The van der Waals surface area contributed by atoms with Gasteiger partial charge in [-0.3, -0.25) is 9.59 Å². The van der Waals surface area contributed by atoms with Gasteiger partial charge in [-0.05, 0) is 30.9 Å². The monoisotopic (exact) mass is 274 g/mol. The van der Waals surface area contributed by atoms with Crippen LogP contribution >= 0.6 is 0 Å². The molecule has 1 heterocycles. The van der Waals surface area contributed by atoms with Gasteiger partial charge in [-0.1, -0.05) is 37.1 Å². The lowest BCUT2D eigenvalue weighted by molar-refractivity contribution is -0.145. The number of likely N-dealkylation sites (tertiary alicyclic amines) is 1. The Morgan fingerprint density at radius 1 is 1.10 bits per heavy atom. The molecule has 1 aliphatic rings. The van der Waals surface area contributed by atoms with Gasteiger partial charge in [0.15, 0.2) is 0 Å². The van der Waals surface area contributed by atoms with E-state index in [1.165, 1.54) is 0 Å². The molecule has 0 atom stereocenters. The molecule has 0 bridgehead atoms. The molecule has 2 rings (SSSR count). The molecule has 4 heteroatoms. The second-order valence-corrected chi connectivity index (χ2v) is 5.32. The first-order valence-electron chi connectivity index (χ1n) is 7.30. The van der Waals surface area contributed by atoms with Crippen LogP contribution in [0.4, 0.5) is 0 Å².